The molecule has 1 atom stereocenters. The van der Waals surface area contributed by atoms with Crippen molar-refractivity contribution in [2.75, 3.05) is 11.1 Å². The molecule has 0 fully saturated rings. The number of nitrogen functional groups attached to an aromatic ring is 1. The van der Waals surface area contributed by atoms with Crippen molar-refractivity contribution in [3.05, 3.63) is 29.8 Å². The summed E-state index contributed by atoms with van der Waals surface area (Å²) in [5, 5.41) is 10.9. The van der Waals surface area contributed by atoms with Crippen LogP contribution in [0.4, 0.5) is 15.8 Å². The number of aromatic nitrogens is 3. The molecule has 2 rings (SSSR count). The lowest BCUT2D eigenvalue weighted by Gasteiger charge is -2.12. The number of rotatable bonds is 4. The molecule has 1 amide bonds. The molecule has 1 heterocycles. The molecule has 6 nitrogen and oxygen atoms in total. The number of nitrogens with one attached hydrogen (secondary N) is 1. The van der Waals surface area contributed by atoms with Crippen molar-refractivity contribution in [2.45, 2.75) is 24.3 Å². The Morgan fingerprint density at radius 3 is 2.76 bits per heavy atom. The molecule has 0 saturated carbocycles. The lowest BCUT2D eigenvalue weighted by molar-refractivity contribution is -0.115. The van der Waals surface area contributed by atoms with E-state index in [4.69, 9.17) is 5.73 Å². The van der Waals surface area contributed by atoms with Crippen molar-refractivity contribution < 1.29 is 9.18 Å². The molecule has 1 aromatic heterocycles. The van der Waals surface area contributed by atoms with E-state index in [1.54, 1.807) is 6.92 Å². The Labute approximate surface area is 125 Å². The highest BCUT2D eigenvalue weighted by Crippen LogP contribution is 2.23. The fourth-order valence-electron chi connectivity index (χ4n) is 1.57. The van der Waals surface area contributed by atoms with Crippen LogP contribution < -0.4 is 11.1 Å². The van der Waals surface area contributed by atoms with E-state index in [9.17, 15) is 9.18 Å². The number of anilines is 2. The highest BCUT2D eigenvalue weighted by molar-refractivity contribution is 8.00. The Morgan fingerprint density at radius 1 is 1.48 bits per heavy atom. The number of aryl methyl sites for hydroxylation is 1. The first kappa shape index (κ1) is 15.3. The SMILES string of the molecule is Cc1nnc(SC(C)C(=O)Nc2ccc(F)c(N)c2)n1C. The Hall–Kier alpha value is -2.09. The van der Waals surface area contributed by atoms with Gasteiger partial charge in [0.2, 0.25) is 5.91 Å². The Balaban J connectivity index is 2.02. The summed E-state index contributed by atoms with van der Waals surface area (Å²) in [7, 11) is 1.84. The van der Waals surface area contributed by atoms with Crippen molar-refractivity contribution in [3.63, 3.8) is 0 Å². The minimum absolute atomic E-state index is 0.00275. The number of hydrogen-bond donors (Lipinski definition) is 2. The number of hydrogen-bond acceptors (Lipinski definition) is 5. The Bertz CT molecular complexity index is 673. The summed E-state index contributed by atoms with van der Waals surface area (Å²) in [6.07, 6.45) is 0. The third-order valence-electron chi connectivity index (χ3n) is 2.97. The second kappa shape index (κ2) is 6.13. The van der Waals surface area contributed by atoms with E-state index in [-0.39, 0.29) is 16.8 Å². The number of halogens is 1. The standard InChI is InChI=1S/C13H16FN5OS/c1-7(21-13-18-17-8(2)19(13)3)12(20)16-9-4-5-10(14)11(15)6-9/h4-7H,15H2,1-3H3,(H,16,20). The number of amides is 1. The number of thioether (sulfide) groups is 1. The fraction of sp³-hybridized carbons (Fsp3) is 0.308. The zero-order valence-electron chi connectivity index (χ0n) is 11.9. The number of nitrogens with two attached hydrogens (primary N) is 1. The van der Waals surface area contributed by atoms with Crippen LogP contribution >= 0.6 is 11.8 Å². The van der Waals surface area contributed by atoms with Crippen molar-refractivity contribution in [2.24, 2.45) is 7.05 Å². The van der Waals surface area contributed by atoms with E-state index in [0.717, 1.165) is 5.82 Å². The molecule has 0 spiro atoms. The highest BCUT2D eigenvalue weighted by Gasteiger charge is 2.18. The molecule has 21 heavy (non-hydrogen) atoms. The molecular weight excluding hydrogens is 293 g/mol. The average molecular weight is 309 g/mol. The van der Waals surface area contributed by atoms with Crippen LogP contribution in [-0.4, -0.2) is 25.9 Å². The largest absolute Gasteiger partial charge is 0.396 e. The summed E-state index contributed by atoms with van der Waals surface area (Å²) in [6, 6.07) is 4.07. The van der Waals surface area contributed by atoms with Crippen LogP contribution in [0, 0.1) is 12.7 Å². The number of benzene rings is 1. The van der Waals surface area contributed by atoms with E-state index >= 15 is 0 Å². The normalized spacial score (nSPS) is 12.2. The molecule has 0 radical (unpaired) electrons. The van der Waals surface area contributed by atoms with Crippen LogP contribution in [0.3, 0.4) is 0 Å². The average Bonchev–Trinajstić information content (AvgIpc) is 2.75. The molecule has 2 aromatic rings. The molecule has 3 N–H and O–H groups in total. The molecule has 0 aliphatic heterocycles. The van der Waals surface area contributed by atoms with Gasteiger partial charge in [-0.25, -0.2) is 4.39 Å². The van der Waals surface area contributed by atoms with Gasteiger partial charge < -0.3 is 15.6 Å². The Kier molecular flexibility index (Phi) is 4.46. The second-order valence-electron chi connectivity index (χ2n) is 4.57. The smallest absolute Gasteiger partial charge is 0.237 e. The maximum Gasteiger partial charge on any atom is 0.237 e. The molecule has 0 saturated heterocycles. The van der Waals surface area contributed by atoms with Gasteiger partial charge in [0, 0.05) is 12.7 Å². The fourth-order valence-corrected chi connectivity index (χ4v) is 2.43. The quantitative estimate of drug-likeness (QED) is 0.666. The van der Waals surface area contributed by atoms with E-state index < -0.39 is 5.82 Å². The first-order chi connectivity index (χ1) is 9.88. The highest BCUT2D eigenvalue weighted by atomic mass is 32.2. The first-order valence-corrected chi connectivity index (χ1v) is 7.15. The van der Waals surface area contributed by atoms with Crippen LogP contribution in [-0.2, 0) is 11.8 Å². The zero-order chi connectivity index (χ0) is 15.6. The predicted molar refractivity (Wildman–Crippen MR) is 80.5 cm³/mol. The predicted octanol–water partition coefficient (Wildman–Crippen LogP) is 1.96. The van der Waals surface area contributed by atoms with E-state index in [2.05, 4.69) is 15.5 Å². The third kappa shape index (κ3) is 3.52. The van der Waals surface area contributed by atoms with Gasteiger partial charge in [-0.3, -0.25) is 4.79 Å². The summed E-state index contributed by atoms with van der Waals surface area (Å²) >= 11 is 1.30. The topological polar surface area (TPSA) is 85.8 Å². The minimum atomic E-state index is -0.509. The first-order valence-electron chi connectivity index (χ1n) is 6.27. The van der Waals surface area contributed by atoms with Gasteiger partial charge in [0.15, 0.2) is 5.16 Å². The summed E-state index contributed by atoms with van der Waals surface area (Å²) in [5.41, 5.74) is 5.92. The van der Waals surface area contributed by atoms with E-state index in [1.807, 2.05) is 18.5 Å². The van der Waals surface area contributed by atoms with Gasteiger partial charge in [0.25, 0.3) is 0 Å². The molecular formula is C13H16FN5OS. The maximum absolute atomic E-state index is 13.1. The molecule has 0 aliphatic carbocycles. The van der Waals surface area contributed by atoms with Crippen LogP contribution in [0.1, 0.15) is 12.7 Å². The number of carbonyl (C=O) groups is 1. The minimum Gasteiger partial charge on any atom is -0.396 e. The monoisotopic (exact) mass is 309 g/mol. The van der Waals surface area contributed by atoms with Gasteiger partial charge in [0.05, 0.1) is 10.9 Å². The molecule has 1 aromatic carbocycles. The number of carbonyl (C=O) groups excluding carboxylic acids is 1. The zero-order valence-corrected chi connectivity index (χ0v) is 12.7. The molecule has 0 bridgehead atoms. The third-order valence-corrected chi connectivity index (χ3v) is 4.10. The van der Waals surface area contributed by atoms with Crippen LogP contribution in [0.2, 0.25) is 0 Å². The van der Waals surface area contributed by atoms with Crippen molar-refractivity contribution >= 4 is 29.0 Å². The summed E-state index contributed by atoms with van der Waals surface area (Å²) in [5.74, 6) is 0.0491. The molecule has 112 valence electrons. The number of nitrogens with zero attached hydrogens (tertiary/aromatic N) is 3. The van der Waals surface area contributed by atoms with Crippen LogP contribution in [0.25, 0.3) is 0 Å². The van der Waals surface area contributed by atoms with Gasteiger partial charge in [-0.2, -0.15) is 0 Å². The molecule has 8 heteroatoms. The van der Waals surface area contributed by atoms with Crippen LogP contribution in [0.5, 0.6) is 0 Å². The van der Waals surface area contributed by atoms with Crippen molar-refractivity contribution in [1.29, 1.82) is 0 Å². The van der Waals surface area contributed by atoms with Gasteiger partial charge in [-0.1, -0.05) is 11.8 Å². The van der Waals surface area contributed by atoms with Crippen molar-refractivity contribution in [1.82, 2.24) is 14.8 Å². The maximum atomic E-state index is 13.1. The summed E-state index contributed by atoms with van der Waals surface area (Å²) in [4.78, 5) is 12.1. The molecule has 0 aliphatic rings. The Morgan fingerprint density at radius 2 is 2.19 bits per heavy atom. The summed E-state index contributed by atoms with van der Waals surface area (Å²) < 4.78 is 14.9. The van der Waals surface area contributed by atoms with E-state index in [1.165, 1.54) is 30.0 Å². The van der Waals surface area contributed by atoms with Gasteiger partial charge in [0.1, 0.15) is 11.6 Å². The second-order valence-corrected chi connectivity index (χ2v) is 5.88. The van der Waals surface area contributed by atoms with Crippen molar-refractivity contribution in [3.8, 4) is 0 Å². The molecule has 1 unspecified atom stereocenters. The van der Waals surface area contributed by atoms with Gasteiger partial charge >= 0.3 is 0 Å². The van der Waals surface area contributed by atoms with Crippen LogP contribution in [0.15, 0.2) is 23.4 Å². The lowest BCUT2D eigenvalue weighted by Crippen LogP contribution is -2.23. The lowest BCUT2D eigenvalue weighted by atomic mass is 10.2. The van der Waals surface area contributed by atoms with E-state index in [0.29, 0.717) is 10.8 Å². The van der Waals surface area contributed by atoms with Gasteiger partial charge in [-0.15, -0.1) is 10.2 Å². The summed E-state index contributed by atoms with van der Waals surface area (Å²) in [6.45, 7) is 3.60. The van der Waals surface area contributed by atoms with Gasteiger partial charge in [-0.05, 0) is 32.0 Å².